The summed E-state index contributed by atoms with van der Waals surface area (Å²) in [6.07, 6.45) is 0. The number of hydrogen-bond acceptors (Lipinski definition) is 3. The SMILES string of the molecule is COc1ccc(-c2nn(-c3ccccc3)[n+](-c3ccc(Br)cc3)n2)cc1. The van der Waals surface area contributed by atoms with Gasteiger partial charge in [0.25, 0.3) is 0 Å². The molecule has 4 aromatic rings. The number of halogens is 1. The monoisotopic (exact) mass is 407 g/mol. The van der Waals surface area contributed by atoms with Crippen LogP contribution in [0.1, 0.15) is 0 Å². The van der Waals surface area contributed by atoms with Crippen LogP contribution in [-0.4, -0.2) is 22.1 Å². The Kier molecular flexibility index (Phi) is 4.50. The second-order valence-electron chi connectivity index (χ2n) is 5.64. The predicted molar refractivity (Wildman–Crippen MR) is 103 cm³/mol. The first-order valence-corrected chi connectivity index (χ1v) is 8.89. The molecule has 0 unspecified atom stereocenters. The lowest BCUT2D eigenvalue weighted by Gasteiger charge is -1.99. The minimum absolute atomic E-state index is 0.638. The van der Waals surface area contributed by atoms with Gasteiger partial charge in [-0.2, -0.15) is 0 Å². The average molecular weight is 408 g/mol. The lowest BCUT2D eigenvalue weighted by molar-refractivity contribution is -0.734. The van der Waals surface area contributed by atoms with Gasteiger partial charge in [-0.05, 0) is 70.6 Å². The van der Waals surface area contributed by atoms with Crippen LogP contribution in [0.15, 0.2) is 83.3 Å². The fraction of sp³-hybridized carbons (Fsp3) is 0.0500. The minimum Gasteiger partial charge on any atom is -0.497 e. The quantitative estimate of drug-likeness (QED) is 0.480. The first-order chi connectivity index (χ1) is 12.7. The van der Waals surface area contributed by atoms with Gasteiger partial charge in [0.15, 0.2) is 5.69 Å². The predicted octanol–water partition coefficient (Wildman–Crippen LogP) is 3.98. The second kappa shape index (κ2) is 7.09. The van der Waals surface area contributed by atoms with E-state index in [0.717, 1.165) is 27.2 Å². The van der Waals surface area contributed by atoms with Crippen molar-refractivity contribution in [2.24, 2.45) is 0 Å². The molecule has 0 bridgehead atoms. The van der Waals surface area contributed by atoms with Crippen molar-refractivity contribution in [3.05, 3.63) is 83.3 Å². The third-order valence-corrected chi connectivity index (χ3v) is 4.48. The number of aromatic nitrogens is 4. The summed E-state index contributed by atoms with van der Waals surface area (Å²) in [5.41, 5.74) is 2.78. The van der Waals surface area contributed by atoms with Crippen molar-refractivity contribution in [3.8, 4) is 28.5 Å². The third-order valence-electron chi connectivity index (χ3n) is 3.95. The first kappa shape index (κ1) is 16.5. The van der Waals surface area contributed by atoms with Crippen molar-refractivity contribution < 1.29 is 9.53 Å². The van der Waals surface area contributed by atoms with Crippen LogP contribution in [0.2, 0.25) is 0 Å². The van der Waals surface area contributed by atoms with Crippen LogP contribution in [0.3, 0.4) is 0 Å². The summed E-state index contributed by atoms with van der Waals surface area (Å²) >= 11 is 3.47. The molecular formula is C20H16BrN4O+. The van der Waals surface area contributed by atoms with Gasteiger partial charge in [0.1, 0.15) is 11.4 Å². The Morgan fingerprint density at radius 1 is 0.885 bits per heavy atom. The van der Waals surface area contributed by atoms with E-state index in [2.05, 4.69) is 15.9 Å². The molecule has 0 atom stereocenters. The number of para-hydroxylation sites is 1. The molecule has 0 aliphatic carbocycles. The highest BCUT2D eigenvalue weighted by Crippen LogP contribution is 2.19. The Morgan fingerprint density at radius 2 is 1.58 bits per heavy atom. The topological polar surface area (TPSA) is 43.8 Å². The summed E-state index contributed by atoms with van der Waals surface area (Å²) < 4.78 is 6.24. The molecule has 0 spiro atoms. The van der Waals surface area contributed by atoms with Gasteiger partial charge < -0.3 is 4.74 Å². The molecule has 26 heavy (non-hydrogen) atoms. The van der Waals surface area contributed by atoms with E-state index < -0.39 is 0 Å². The van der Waals surface area contributed by atoms with Gasteiger partial charge in [0, 0.05) is 9.27 Å². The molecule has 0 saturated heterocycles. The molecule has 0 N–H and O–H groups in total. The van der Waals surface area contributed by atoms with Crippen LogP contribution in [0.5, 0.6) is 5.75 Å². The molecule has 0 amide bonds. The van der Waals surface area contributed by atoms with Gasteiger partial charge in [0.2, 0.25) is 0 Å². The maximum atomic E-state index is 5.23. The van der Waals surface area contributed by atoms with Crippen molar-refractivity contribution >= 4 is 15.9 Å². The lowest BCUT2D eigenvalue weighted by atomic mass is 10.2. The van der Waals surface area contributed by atoms with E-state index in [9.17, 15) is 0 Å². The highest BCUT2D eigenvalue weighted by molar-refractivity contribution is 9.10. The highest BCUT2D eigenvalue weighted by atomic mass is 79.9. The summed E-state index contributed by atoms with van der Waals surface area (Å²) in [5.74, 6) is 1.44. The normalized spacial score (nSPS) is 10.7. The molecule has 0 radical (unpaired) electrons. The summed E-state index contributed by atoms with van der Waals surface area (Å²) in [4.78, 5) is 3.59. The Hall–Kier alpha value is -2.99. The van der Waals surface area contributed by atoms with Crippen LogP contribution in [-0.2, 0) is 0 Å². The number of rotatable bonds is 4. The molecule has 3 aromatic carbocycles. The van der Waals surface area contributed by atoms with E-state index >= 15 is 0 Å². The fourth-order valence-electron chi connectivity index (χ4n) is 2.61. The van der Waals surface area contributed by atoms with Gasteiger partial charge in [-0.3, -0.25) is 0 Å². The molecule has 5 nitrogen and oxygen atoms in total. The Balaban J connectivity index is 1.85. The molecule has 0 aliphatic rings. The van der Waals surface area contributed by atoms with Gasteiger partial charge in [0.05, 0.1) is 17.8 Å². The van der Waals surface area contributed by atoms with E-state index in [1.54, 1.807) is 16.7 Å². The molecule has 0 aliphatic heterocycles. The van der Waals surface area contributed by atoms with Gasteiger partial charge in [-0.1, -0.05) is 34.1 Å². The van der Waals surface area contributed by atoms with Crippen molar-refractivity contribution in [2.45, 2.75) is 0 Å². The summed E-state index contributed by atoms with van der Waals surface area (Å²) in [7, 11) is 1.65. The zero-order valence-electron chi connectivity index (χ0n) is 14.1. The van der Waals surface area contributed by atoms with Crippen LogP contribution < -0.4 is 9.53 Å². The smallest absolute Gasteiger partial charge is 0.340 e. The van der Waals surface area contributed by atoms with E-state index in [1.165, 1.54) is 0 Å². The molecule has 0 fully saturated rings. The fourth-order valence-corrected chi connectivity index (χ4v) is 2.87. The molecule has 1 heterocycles. The minimum atomic E-state index is 0.638. The maximum Gasteiger partial charge on any atom is 0.340 e. The van der Waals surface area contributed by atoms with Gasteiger partial charge in [-0.15, -0.1) is 0 Å². The highest BCUT2D eigenvalue weighted by Gasteiger charge is 2.23. The van der Waals surface area contributed by atoms with Crippen molar-refractivity contribution in [1.82, 2.24) is 15.0 Å². The summed E-state index contributed by atoms with van der Waals surface area (Å²) in [6, 6.07) is 25.6. The number of ether oxygens (including phenoxy) is 1. The molecule has 1 aromatic heterocycles. The van der Waals surface area contributed by atoms with Gasteiger partial charge >= 0.3 is 5.82 Å². The summed E-state index contributed by atoms with van der Waals surface area (Å²) in [5, 5.41) is 9.45. The lowest BCUT2D eigenvalue weighted by Crippen LogP contribution is -2.43. The van der Waals surface area contributed by atoms with Crippen molar-refractivity contribution in [2.75, 3.05) is 7.11 Å². The Labute approximate surface area is 159 Å². The largest absolute Gasteiger partial charge is 0.497 e. The van der Waals surface area contributed by atoms with E-state index in [0.29, 0.717) is 5.82 Å². The number of benzene rings is 3. The van der Waals surface area contributed by atoms with Crippen LogP contribution in [0.4, 0.5) is 0 Å². The second-order valence-corrected chi connectivity index (χ2v) is 6.56. The van der Waals surface area contributed by atoms with Crippen LogP contribution in [0, 0.1) is 0 Å². The van der Waals surface area contributed by atoms with Crippen molar-refractivity contribution in [3.63, 3.8) is 0 Å². The van der Waals surface area contributed by atoms with E-state index in [4.69, 9.17) is 14.9 Å². The molecular weight excluding hydrogens is 392 g/mol. The number of tetrazole rings is 1. The zero-order chi connectivity index (χ0) is 17.9. The zero-order valence-corrected chi connectivity index (χ0v) is 15.7. The Bertz CT molecular complexity index is 1010. The first-order valence-electron chi connectivity index (χ1n) is 8.10. The molecule has 0 saturated carbocycles. The third kappa shape index (κ3) is 3.23. The van der Waals surface area contributed by atoms with Crippen LogP contribution >= 0.6 is 15.9 Å². The molecule has 128 valence electrons. The molecule has 4 rings (SSSR count). The number of hydrogen-bond donors (Lipinski definition) is 0. The van der Waals surface area contributed by atoms with Crippen molar-refractivity contribution in [1.29, 1.82) is 0 Å². The number of nitrogens with zero attached hydrogens (tertiary/aromatic N) is 4. The van der Waals surface area contributed by atoms with E-state index in [1.807, 2.05) is 78.9 Å². The van der Waals surface area contributed by atoms with Gasteiger partial charge in [-0.25, -0.2) is 0 Å². The standard InChI is InChI=1S/C20H16BrN4O/c1-26-19-13-7-15(8-14-19)20-22-24(17-5-3-2-4-6-17)25(23-20)18-11-9-16(21)10-12-18/h2-14H,1H3/q+1. The molecule has 6 heteroatoms. The van der Waals surface area contributed by atoms with Crippen LogP contribution in [0.25, 0.3) is 22.8 Å². The Morgan fingerprint density at radius 3 is 2.23 bits per heavy atom. The summed E-state index contributed by atoms with van der Waals surface area (Å²) in [6.45, 7) is 0. The number of methoxy groups -OCH3 is 1. The van der Waals surface area contributed by atoms with E-state index in [-0.39, 0.29) is 0 Å². The average Bonchev–Trinajstić information content (AvgIpc) is 3.15. The maximum absolute atomic E-state index is 5.23.